The van der Waals surface area contributed by atoms with E-state index in [1.807, 2.05) is 0 Å². The fraction of sp³-hybridized carbons (Fsp3) is 0.417. The van der Waals surface area contributed by atoms with Crippen LogP contribution in [0.15, 0.2) is 23.4 Å². The van der Waals surface area contributed by atoms with Crippen LogP contribution in [-0.2, 0) is 0 Å². The number of piperidine rings is 1. The molecule has 2 rings (SSSR count). The Labute approximate surface area is 115 Å². The fourth-order valence-corrected chi connectivity index (χ4v) is 2.19. The highest BCUT2D eigenvalue weighted by molar-refractivity contribution is 6.32. The highest BCUT2D eigenvalue weighted by Gasteiger charge is 2.23. The lowest BCUT2D eigenvalue weighted by Gasteiger charge is -2.32. The van der Waals surface area contributed by atoms with Crippen molar-refractivity contribution in [3.8, 4) is 5.75 Å². The maximum atomic E-state index is 13.3. The molecule has 0 amide bonds. The number of nitrogens with two attached hydrogens (primary N) is 1. The molecule has 0 aromatic heterocycles. The van der Waals surface area contributed by atoms with E-state index in [2.05, 4.69) is 5.16 Å². The van der Waals surface area contributed by atoms with Crippen LogP contribution in [0.25, 0.3) is 0 Å². The lowest BCUT2D eigenvalue weighted by atomic mass is 10.1. The largest absolute Gasteiger partial charge is 0.489 e. The molecule has 0 saturated carbocycles. The molecule has 1 aliphatic heterocycles. The van der Waals surface area contributed by atoms with E-state index in [-0.39, 0.29) is 17.1 Å². The molecule has 1 saturated heterocycles. The molecule has 0 atom stereocenters. The number of ether oxygens (including phenoxy) is 1. The minimum atomic E-state index is -0.492. The van der Waals surface area contributed by atoms with Crippen LogP contribution < -0.4 is 10.5 Å². The molecule has 19 heavy (non-hydrogen) atoms. The SMILES string of the molecule is NC(=NO)N1CCC(Oc2cccc(F)c2Cl)CC1. The number of hydrogen-bond acceptors (Lipinski definition) is 3. The molecule has 0 radical (unpaired) electrons. The van der Waals surface area contributed by atoms with Crippen LogP contribution in [-0.4, -0.2) is 35.3 Å². The van der Waals surface area contributed by atoms with Crippen LogP contribution in [0, 0.1) is 5.82 Å². The number of halogens is 2. The van der Waals surface area contributed by atoms with Gasteiger partial charge in [0.2, 0.25) is 5.96 Å². The Bertz CT molecular complexity index is 476. The maximum absolute atomic E-state index is 13.3. The minimum Gasteiger partial charge on any atom is -0.489 e. The van der Waals surface area contributed by atoms with Crippen LogP contribution >= 0.6 is 11.6 Å². The monoisotopic (exact) mass is 287 g/mol. The van der Waals surface area contributed by atoms with Gasteiger partial charge in [-0.25, -0.2) is 4.39 Å². The third-order valence-electron chi connectivity index (χ3n) is 3.08. The predicted octanol–water partition coefficient (Wildman–Crippen LogP) is 2.03. The lowest BCUT2D eigenvalue weighted by molar-refractivity contribution is 0.128. The van der Waals surface area contributed by atoms with E-state index >= 15 is 0 Å². The van der Waals surface area contributed by atoms with Crippen molar-refractivity contribution in [2.75, 3.05) is 13.1 Å². The number of guanidine groups is 1. The molecule has 7 heteroatoms. The molecule has 5 nitrogen and oxygen atoms in total. The zero-order valence-corrected chi connectivity index (χ0v) is 11.0. The number of nitrogens with zero attached hydrogens (tertiary/aromatic N) is 2. The van der Waals surface area contributed by atoms with Gasteiger partial charge in [0.25, 0.3) is 0 Å². The Morgan fingerprint density at radius 1 is 1.47 bits per heavy atom. The van der Waals surface area contributed by atoms with Crippen molar-refractivity contribution >= 4 is 17.6 Å². The van der Waals surface area contributed by atoms with E-state index in [0.717, 1.165) is 0 Å². The normalized spacial score (nSPS) is 17.6. The quantitative estimate of drug-likeness (QED) is 0.378. The van der Waals surface area contributed by atoms with Crippen molar-refractivity contribution in [1.29, 1.82) is 0 Å². The highest BCUT2D eigenvalue weighted by atomic mass is 35.5. The van der Waals surface area contributed by atoms with E-state index in [1.54, 1.807) is 17.0 Å². The number of oxime groups is 1. The van der Waals surface area contributed by atoms with Crippen LogP contribution in [0.5, 0.6) is 5.75 Å². The van der Waals surface area contributed by atoms with Crippen molar-refractivity contribution < 1.29 is 14.3 Å². The topological polar surface area (TPSA) is 71.1 Å². The van der Waals surface area contributed by atoms with Gasteiger partial charge >= 0.3 is 0 Å². The van der Waals surface area contributed by atoms with E-state index in [1.165, 1.54) is 6.07 Å². The molecule has 1 heterocycles. The molecule has 1 aromatic rings. The van der Waals surface area contributed by atoms with Gasteiger partial charge in [0.1, 0.15) is 22.7 Å². The molecule has 0 bridgehead atoms. The summed E-state index contributed by atoms with van der Waals surface area (Å²) in [5, 5.41) is 11.5. The third-order valence-corrected chi connectivity index (χ3v) is 3.45. The Morgan fingerprint density at radius 2 is 2.16 bits per heavy atom. The number of benzene rings is 1. The molecule has 1 aromatic carbocycles. The van der Waals surface area contributed by atoms with Crippen LogP contribution in [0.4, 0.5) is 4.39 Å². The first-order valence-corrected chi connectivity index (χ1v) is 6.32. The molecular formula is C12H15ClFN3O2. The van der Waals surface area contributed by atoms with Gasteiger partial charge in [-0.05, 0) is 12.1 Å². The smallest absolute Gasteiger partial charge is 0.233 e. The second kappa shape index (κ2) is 5.97. The molecule has 1 fully saturated rings. The van der Waals surface area contributed by atoms with Crippen molar-refractivity contribution in [3.05, 3.63) is 29.0 Å². The zero-order chi connectivity index (χ0) is 13.8. The summed E-state index contributed by atoms with van der Waals surface area (Å²) in [6.45, 7) is 1.24. The maximum Gasteiger partial charge on any atom is 0.233 e. The van der Waals surface area contributed by atoms with E-state index < -0.39 is 5.82 Å². The van der Waals surface area contributed by atoms with Crippen molar-refractivity contribution in [3.63, 3.8) is 0 Å². The van der Waals surface area contributed by atoms with E-state index in [9.17, 15) is 4.39 Å². The van der Waals surface area contributed by atoms with Gasteiger partial charge in [-0.1, -0.05) is 22.8 Å². The first kappa shape index (κ1) is 13.7. The minimum absolute atomic E-state index is 0.00126. The van der Waals surface area contributed by atoms with Crippen molar-refractivity contribution in [2.45, 2.75) is 18.9 Å². The van der Waals surface area contributed by atoms with Gasteiger partial charge in [0.15, 0.2) is 0 Å². The van der Waals surface area contributed by atoms with Crippen LogP contribution in [0.2, 0.25) is 5.02 Å². The summed E-state index contributed by atoms with van der Waals surface area (Å²) in [7, 11) is 0. The van der Waals surface area contributed by atoms with Gasteiger partial charge in [-0.15, -0.1) is 0 Å². The summed E-state index contributed by atoms with van der Waals surface area (Å²) in [4.78, 5) is 1.76. The van der Waals surface area contributed by atoms with Gasteiger partial charge in [0.05, 0.1) is 0 Å². The molecular weight excluding hydrogens is 273 g/mol. The molecule has 0 unspecified atom stereocenters. The van der Waals surface area contributed by atoms with E-state index in [0.29, 0.717) is 31.7 Å². The fourth-order valence-electron chi connectivity index (χ4n) is 2.02. The summed E-state index contributed by atoms with van der Waals surface area (Å²) in [6, 6.07) is 4.49. The highest BCUT2D eigenvalue weighted by Crippen LogP contribution is 2.29. The van der Waals surface area contributed by atoms with Gasteiger partial charge in [-0.3, -0.25) is 0 Å². The van der Waals surface area contributed by atoms with Crippen molar-refractivity contribution in [2.24, 2.45) is 10.9 Å². The summed E-state index contributed by atoms with van der Waals surface area (Å²) >= 11 is 5.83. The number of rotatable bonds is 2. The van der Waals surface area contributed by atoms with Gasteiger partial charge in [0, 0.05) is 25.9 Å². The Hall–Kier alpha value is -1.69. The van der Waals surface area contributed by atoms with Crippen LogP contribution in [0.3, 0.4) is 0 Å². The Balaban J connectivity index is 1.94. The van der Waals surface area contributed by atoms with Crippen molar-refractivity contribution in [1.82, 2.24) is 4.90 Å². The average Bonchev–Trinajstić information content (AvgIpc) is 2.44. The van der Waals surface area contributed by atoms with Crippen LogP contribution in [0.1, 0.15) is 12.8 Å². The third kappa shape index (κ3) is 3.20. The number of likely N-dealkylation sites (tertiary alicyclic amines) is 1. The molecule has 104 valence electrons. The average molecular weight is 288 g/mol. The Morgan fingerprint density at radius 3 is 2.79 bits per heavy atom. The molecule has 1 aliphatic rings. The summed E-state index contributed by atoms with van der Waals surface area (Å²) in [6.07, 6.45) is 1.34. The standard InChI is InChI=1S/C12H15ClFN3O2/c13-11-9(14)2-1-3-10(11)19-8-4-6-17(7-5-8)12(15)16-18/h1-3,8,18H,4-7H2,(H2,15,16). The summed E-state index contributed by atoms with van der Waals surface area (Å²) < 4.78 is 19.0. The van der Waals surface area contributed by atoms with Gasteiger partial charge < -0.3 is 20.6 Å². The predicted molar refractivity (Wildman–Crippen MR) is 70.0 cm³/mol. The number of hydrogen-bond donors (Lipinski definition) is 2. The lowest BCUT2D eigenvalue weighted by Crippen LogP contribution is -2.45. The van der Waals surface area contributed by atoms with Gasteiger partial charge in [-0.2, -0.15) is 0 Å². The first-order chi connectivity index (χ1) is 9.11. The summed E-state index contributed by atoms with van der Waals surface area (Å²) in [5.74, 6) is -0.0422. The second-order valence-corrected chi connectivity index (χ2v) is 4.69. The second-order valence-electron chi connectivity index (χ2n) is 4.31. The van der Waals surface area contributed by atoms with E-state index in [4.69, 9.17) is 27.3 Å². The molecule has 0 spiro atoms. The molecule has 3 N–H and O–H groups in total. The first-order valence-electron chi connectivity index (χ1n) is 5.95. The Kier molecular flexibility index (Phi) is 4.31. The molecule has 0 aliphatic carbocycles. The summed E-state index contributed by atoms with van der Waals surface area (Å²) in [5.41, 5.74) is 5.50. The zero-order valence-electron chi connectivity index (χ0n) is 10.2.